The van der Waals surface area contributed by atoms with Crippen molar-refractivity contribution in [1.29, 1.82) is 0 Å². The van der Waals surface area contributed by atoms with Gasteiger partial charge in [-0.25, -0.2) is 4.98 Å². The number of hydrogen-bond acceptors (Lipinski definition) is 4. The first-order valence-corrected chi connectivity index (χ1v) is 7.74. The largest absolute Gasteiger partial charge is 0.378 e. The van der Waals surface area contributed by atoms with Gasteiger partial charge < -0.3 is 15.0 Å². The minimum absolute atomic E-state index is 0.0114. The van der Waals surface area contributed by atoms with E-state index in [1.807, 2.05) is 24.0 Å². The fraction of sp³-hybridized carbons (Fsp3) is 0.625. The second kappa shape index (κ2) is 7.41. The molecule has 0 radical (unpaired) electrons. The van der Waals surface area contributed by atoms with Gasteiger partial charge >= 0.3 is 0 Å². The van der Waals surface area contributed by atoms with Crippen LogP contribution < -0.4 is 5.32 Å². The maximum atomic E-state index is 12.5. The van der Waals surface area contributed by atoms with Crippen LogP contribution >= 0.6 is 0 Å². The Morgan fingerprint density at radius 2 is 2.14 bits per heavy atom. The zero-order valence-electron chi connectivity index (χ0n) is 13.1. The van der Waals surface area contributed by atoms with Gasteiger partial charge in [0, 0.05) is 25.7 Å². The Kier molecular flexibility index (Phi) is 5.56. The fourth-order valence-corrected chi connectivity index (χ4v) is 2.55. The number of ether oxygens (including phenoxy) is 1. The van der Waals surface area contributed by atoms with Gasteiger partial charge in [-0.2, -0.15) is 0 Å². The lowest BCUT2D eigenvalue weighted by atomic mass is 10.1. The summed E-state index contributed by atoms with van der Waals surface area (Å²) in [5, 5.41) is 3.22. The van der Waals surface area contributed by atoms with Crippen LogP contribution in [0.3, 0.4) is 0 Å². The van der Waals surface area contributed by atoms with Crippen LogP contribution in [0.5, 0.6) is 0 Å². The SMILES string of the molecule is CCOC1CCN(C(=O)c2cccc(NC(C)C)n2)CC1. The van der Waals surface area contributed by atoms with Gasteiger partial charge in [0.05, 0.1) is 6.10 Å². The van der Waals surface area contributed by atoms with Crippen LogP contribution in [0.4, 0.5) is 5.82 Å². The van der Waals surface area contributed by atoms with Gasteiger partial charge in [-0.15, -0.1) is 0 Å². The molecular formula is C16H25N3O2. The Bertz CT molecular complexity index is 468. The number of piperidine rings is 1. The molecule has 116 valence electrons. The molecule has 0 aromatic carbocycles. The van der Waals surface area contributed by atoms with E-state index in [2.05, 4.69) is 24.1 Å². The van der Waals surface area contributed by atoms with Crippen LogP contribution in [0.15, 0.2) is 18.2 Å². The molecule has 5 nitrogen and oxygen atoms in total. The third kappa shape index (κ3) is 4.43. The molecule has 1 aromatic rings. The Balaban J connectivity index is 1.97. The van der Waals surface area contributed by atoms with Crippen molar-refractivity contribution >= 4 is 11.7 Å². The first-order valence-electron chi connectivity index (χ1n) is 7.74. The number of anilines is 1. The monoisotopic (exact) mass is 291 g/mol. The summed E-state index contributed by atoms with van der Waals surface area (Å²) in [7, 11) is 0. The third-order valence-electron chi connectivity index (χ3n) is 3.54. The lowest BCUT2D eigenvalue weighted by molar-refractivity contribution is 0.0144. The minimum Gasteiger partial charge on any atom is -0.378 e. The van der Waals surface area contributed by atoms with E-state index in [1.165, 1.54) is 0 Å². The first kappa shape index (κ1) is 15.8. The van der Waals surface area contributed by atoms with E-state index in [1.54, 1.807) is 6.07 Å². The molecule has 1 aromatic heterocycles. The highest BCUT2D eigenvalue weighted by atomic mass is 16.5. The molecule has 1 amide bonds. The molecule has 0 bridgehead atoms. The number of nitrogens with one attached hydrogen (secondary N) is 1. The van der Waals surface area contributed by atoms with Crippen LogP contribution in [-0.2, 0) is 4.74 Å². The highest BCUT2D eigenvalue weighted by Crippen LogP contribution is 2.16. The van der Waals surface area contributed by atoms with Crippen molar-refractivity contribution in [3.05, 3.63) is 23.9 Å². The van der Waals surface area contributed by atoms with Crippen molar-refractivity contribution in [1.82, 2.24) is 9.88 Å². The van der Waals surface area contributed by atoms with E-state index >= 15 is 0 Å². The van der Waals surface area contributed by atoms with Crippen molar-refractivity contribution in [2.24, 2.45) is 0 Å². The molecule has 5 heteroatoms. The number of likely N-dealkylation sites (tertiary alicyclic amines) is 1. The maximum absolute atomic E-state index is 12.5. The quantitative estimate of drug-likeness (QED) is 0.906. The van der Waals surface area contributed by atoms with Crippen molar-refractivity contribution in [2.75, 3.05) is 25.0 Å². The summed E-state index contributed by atoms with van der Waals surface area (Å²) in [6, 6.07) is 5.84. The second-order valence-electron chi connectivity index (χ2n) is 5.65. The van der Waals surface area contributed by atoms with Gasteiger partial charge in [0.1, 0.15) is 11.5 Å². The predicted octanol–water partition coefficient (Wildman–Crippen LogP) is 2.54. The minimum atomic E-state index is 0.0114. The molecule has 1 N–H and O–H groups in total. The number of carbonyl (C=O) groups is 1. The number of aromatic nitrogens is 1. The average Bonchev–Trinajstić information content (AvgIpc) is 2.47. The molecule has 1 fully saturated rings. The van der Waals surface area contributed by atoms with Crippen molar-refractivity contribution < 1.29 is 9.53 Å². The second-order valence-corrected chi connectivity index (χ2v) is 5.65. The first-order chi connectivity index (χ1) is 10.1. The summed E-state index contributed by atoms with van der Waals surface area (Å²) >= 11 is 0. The van der Waals surface area contributed by atoms with E-state index in [-0.39, 0.29) is 5.91 Å². The summed E-state index contributed by atoms with van der Waals surface area (Å²) in [5.74, 6) is 0.761. The Morgan fingerprint density at radius 3 is 2.76 bits per heavy atom. The maximum Gasteiger partial charge on any atom is 0.272 e. The molecule has 0 aliphatic carbocycles. The number of nitrogens with zero attached hydrogens (tertiary/aromatic N) is 2. The van der Waals surface area contributed by atoms with Gasteiger partial charge in [0.15, 0.2) is 0 Å². The summed E-state index contributed by atoms with van der Waals surface area (Å²) in [6.07, 6.45) is 2.11. The number of pyridine rings is 1. The van der Waals surface area contributed by atoms with Crippen LogP contribution in [0.2, 0.25) is 0 Å². The molecule has 2 rings (SSSR count). The van der Waals surface area contributed by atoms with E-state index < -0.39 is 0 Å². The lowest BCUT2D eigenvalue weighted by Gasteiger charge is -2.31. The average molecular weight is 291 g/mol. The van der Waals surface area contributed by atoms with Gasteiger partial charge in [-0.1, -0.05) is 6.07 Å². The zero-order chi connectivity index (χ0) is 15.2. The van der Waals surface area contributed by atoms with Gasteiger partial charge in [-0.05, 0) is 45.7 Å². The van der Waals surface area contributed by atoms with E-state index in [4.69, 9.17) is 4.74 Å². The molecule has 0 unspecified atom stereocenters. The van der Waals surface area contributed by atoms with Crippen molar-refractivity contribution in [3.63, 3.8) is 0 Å². The Hall–Kier alpha value is -1.62. The summed E-state index contributed by atoms with van der Waals surface area (Å²) < 4.78 is 5.62. The van der Waals surface area contributed by atoms with Crippen LogP contribution in [0.25, 0.3) is 0 Å². The number of carbonyl (C=O) groups excluding carboxylic acids is 1. The van der Waals surface area contributed by atoms with E-state index in [0.29, 0.717) is 17.8 Å². The highest BCUT2D eigenvalue weighted by molar-refractivity contribution is 5.92. The molecular weight excluding hydrogens is 266 g/mol. The lowest BCUT2D eigenvalue weighted by Crippen LogP contribution is -2.41. The summed E-state index contributed by atoms with van der Waals surface area (Å²) in [4.78, 5) is 18.8. The topological polar surface area (TPSA) is 54.5 Å². The molecule has 1 aliphatic heterocycles. The highest BCUT2D eigenvalue weighted by Gasteiger charge is 2.24. The molecule has 2 heterocycles. The van der Waals surface area contributed by atoms with Gasteiger partial charge in [-0.3, -0.25) is 4.79 Å². The van der Waals surface area contributed by atoms with Crippen molar-refractivity contribution in [3.8, 4) is 0 Å². The Labute approximate surface area is 126 Å². The summed E-state index contributed by atoms with van der Waals surface area (Å²) in [5.41, 5.74) is 0.510. The van der Waals surface area contributed by atoms with Crippen LogP contribution in [0, 0.1) is 0 Å². The Morgan fingerprint density at radius 1 is 1.43 bits per heavy atom. The van der Waals surface area contributed by atoms with E-state index in [0.717, 1.165) is 38.4 Å². The predicted molar refractivity (Wildman–Crippen MR) is 83.5 cm³/mol. The number of rotatable bonds is 5. The zero-order valence-corrected chi connectivity index (χ0v) is 13.1. The van der Waals surface area contributed by atoms with Gasteiger partial charge in [0.25, 0.3) is 5.91 Å². The molecule has 1 aliphatic rings. The molecule has 21 heavy (non-hydrogen) atoms. The molecule has 1 saturated heterocycles. The van der Waals surface area contributed by atoms with Crippen molar-refractivity contribution in [2.45, 2.75) is 45.8 Å². The smallest absolute Gasteiger partial charge is 0.272 e. The van der Waals surface area contributed by atoms with Gasteiger partial charge in [0.2, 0.25) is 0 Å². The number of hydrogen-bond donors (Lipinski definition) is 1. The molecule has 0 spiro atoms. The van der Waals surface area contributed by atoms with Crippen LogP contribution in [0.1, 0.15) is 44.1 Å². The van der Waals surface area contributed by atoms with E-state index in [9.17, 15) is 4.79 Å². The summed E-state index contributed by atoms with van der Waals surface area (Å²) in [6.45, 7) is 8.33. The van der Waals surface area contributed by atoms with Crippen LogP contribution in [-0.4, -0.2) is 47.6 Å². The fourth-order valence-electron chi connectivity index (χ4n) is 2.55. The number of amides is 1. The molecule has 0 saturated carbocycles. The standard InChI is InChI=1S/C16H25N3O2/c1-4-21-13-8-10-19(11-9-13)16(20)14-6-5-7-15(18-14)17-12(2)3/h5-7,12-13H,4,8-11H2,1-3H3,(H,17,18). The third-order valence-corrected chi connectivity index (χ3v) is 3.54. The normalized spacial score (nSPS) is 16.3. The molecule has 0 atom stereocenters.